The summed E-state index contributed by atoms with van der Waals surface area (Å²) in [6.45, 7) is 1.30. The van der Waals surface area contributed by atoms with Gasteiger partial charge >= 0.3 is 6.03 Å². The highest BCUT2D eigenvalue weighted by atomic mass is 35.5. The molecular weight excluding hydrogens is 409 g/mol. The van der Waals surface area contributed by atoms with Crippen LogP contribution in [0.25, 0.3) is 22.4 Å². The molecule has 8 nitrogen and oxygen atoms in total. The Kier molecular flexibility index (Phi) is 5.72. The number of halogens is 2. The van der Waals surface area contributed by atoms with Crippen molar-refractivity contribution in [2.24, 2.45) is 0 Å². The number of aromatic nitrogens is 4. The van der Waals surface area contributed by atoms with Gasteiger partial charge in [-0.05, 0) is 25.3 Å². The first-order chi connectivity index (χ1) is 14.4. The molecule has 2 amide bonds. The van der Waals surface area contributed by atoms with Gasteiger partial charge in [0.25, 0.3) is 0 Å². The van der Waals surface area contributed by atoms with Gasteiger partial charge in [0.2, 0.25) is 0 Å². The predicted octanol–water partition coefficient (Wildman–Crippen LogP) is 3.76. The third-order valence-electron chi connectivity index (χ3n) is 5.20. The van der Waals surface area contributed by atoms with Crippen LogP contribution in [0.15, 0.2) is 24.7 Å². The lowest BCUT2D eigenvalue weighted by atomic mass is 10.1. The Labute approximate surface area is 178 Å². The molecular formula is C20H23ClFN7O. The number of anilines is 1. The summed E-state index contributed by atoms with van der Waals surface area (Å²) in [5.41, 5.74) is 1.36. The van der Waals surface area contributed by atoms with Crippen molar-refractivity contribution in [1.29, 1.82) is 0 Å². The molecule has 1 atom stereocenters. The van der Waals surface area contributed by atoms with E-state index in [1.807, 2.05) is 4.90 Å². The molecule has 1 unspecified atom stereocenters. The number of nitrogens with one attached hydrogen (secondary N) is 2. The number of hydrogen-bond donors (Lipinski definition) is 2. The number of rotatable bonds is 3. The molecule has 4 rings (SSSR count). The number of aromatic amines is 1. The van der Waals surface area contributed by atoms with Gasteiger partial charge in [-0.3, -0.25) is 0 Å². The SMILES string of the molecule is CN(C)C(=O)N1CCCC(Nc2nc(-c3c[nH]c4ncc(Cl)cc34)ncc2F)CC1. The van der Waals surface area contributed by atoms with Crippen molar-refractivity contribution in [1.82, 2.24) is 29.7 Å². The topological polar surface area (TPSA) is 90.0 Å². The third kappa shape index (κ3) is 4.16. The van der Waals surface area contributed by atoms with Gasteiger partial charge < -0.3 is 20.1 Å². The molecule has 1 aliphatic heterocycles. The van der Waals surface area contributed by atoms with Crippen LogP contribution in [-0.4, -0.2) is 69.0 Å². The first kappa shape index (κ1) is 20.3. The number of pyridine rings is 1. The molecule has 0 aromatic carbocycles. The first-order valence-corrected chi connectivity index (χ1v) is 10.2. The highest BCUT2D eigenvalue weighted by molar-refractivity contribution is 6.31. The minimum absolute atomic E-state index is 0.00207. The molecule has 2 N–H and O–H groups in total. The molecule has 1 fully saturated rings. The minimum Gasteiger partial charge on any atom is -0.365 e. The van der Waals surface area contributed by atoms with Crippen LogP contribution in [0, 0.1) is 5.82 Å². The number of fused-ring (bicyclic) bond motifs is 1. The van der Waals surface area contributed by atoms with Gasteiger partial charge in [0.1, 0.15) is 5.65 Å². The van der Waals surface area contributed by atoms with Gasteiger partial charge in [0, 0.05) is 56.6 Å². The molecule has 3 aromatic rings. The predicted molar refractivity (Wildman–Crippen MR) is 114 cm³/mol. The molecule has 3 aromatic heterocycles. The van der Waals surface area contributed by atoms with E-state index in [4.69, 9.17) is 11.6 Å². The Morgan fingerprint density at radius 2 is 2.13 bits per heavy atom. The molecule has 30 heavy (non-hydrogen) atoms. The van der Waals surface area contributed by atoms with Crippen molar-refractivity contribution < 1.29 is 9.18 Å². The summed E-state index contributed by atoms with van der Waals surface area (Å²) in [7, 11) is 3.49. The van der Waals surface area contributed by atoms with Crippen LogP contribution in [-0.2, 0) is 0 Å². The number of carbonyl (C=O) groups excluding carboxylic acids is 1. The molecule has 4 heterocycles. The van der Waals surface area contributed by atoms with Crippen LogP contribution in [0.5, 0.6) is 0 Å². The second kappa shape index (κ2) is 8.43. The zero-order valence-electron chi connectivity index (χ0n) is 16.8. The van der Waals surface area contributed by atoms with Crippen LogP contribution in [0.1, 0.15) is 19.3 Å². The molecule has 0 saturated carbocycles. The maximum atomic E-state index is 14.5. The van der Waals surface area contributed by atoms with Crippen LogP contribution >= 0.6 is 11.6 Å². The van der Waals surface area contributed by atoms with Gasteiger partial charge in [-0.1, -0.05) is 11.6 Å². The summed E-state index contributed by atoms with van der Waals surface area (Å²) >= 11 is 6.07. The summed E-state index contributed by atoms with van der Waals surface area (Å²) in [5, 5.41) is 4.48. The zero-order chi connectivity index (χ0) is 21.3. The second-order valence-corrected chi connectivity index (χ2v) is 8.01. The number of carbonyl (C=O) groups is 1. The molecule has 0 aliphatic carbocycles. The fourth-order valence-electron chi connectivity index (χ4n) is 3.67. The lowest BCUT2D eigenvalue weighted by Gasteiger charge is -2.24. The smallest absolute Gasteiger partial charge is 0.319 e. The van der Waals surface area contributed by atoms with E-state index in [2.05, 4.69) is 25.3 Å². The lowest BCUT2D eigenvalue weighted by molar-refractivity contribution is 0.173. The van der Waals surface area contributed by atoms with Gasteiger partial charge in [-0.2, -0.15) is 0 Å². The third-order valence-corrected chi connectivity index (χ3v) is 5.41. The fourth-order valence-corrected chi connectivity index (χ4v) is 3.83. The van der Waals surface area contributed by atoms with E-state index < -0.39 is 5.82 Å². The fraction of sp³-hybridized carbons (Fsp3) is 0.400. The quantitative estimate of drug-likeness (QED) is 0.659. The van der Waals surface area contributed by atoms with Gasteiger partial charge in [-0.25, -0.2) is 24.1 Å². The van der Waals surface area contributed by atoms with Crippen LogP contribution in [0.2, 0.25) is 5.02 Å². The second-order valence-electron chi connectivity index (χ2n) is 7.58. The Bertz CT molecular complexity index is 1070. The minimum atomic E-state index is -0.514. The number of urea groups is 1. The summed E-state index contributed by atoms with van der Waals surface area (Å²) in [5.74, 6) is 0.0224. The highest BCUT2D eigenvalue weighted by Crippen LogP contribution is 2.28. The molecule has 0 radical (unpaired) electrons. The van der Waals surface area contributed by atoms with Crippen molar-refractivity contribution >= 4 is 34.5 Å². The number of H-pyrrole nitrogens is 1. The Morgan fingerprint density at radius 3 is 2.93 bits per heavy atom. The Hall–Kier alpha value is -2.94. The van der Waals surface area contributed by atoms with Crippen LogP contribution in [0.4, 0.5) is 15.0 Å². The van der Waals surface area contributed by atoms with Crippen molar-refractivity contribution in [3.8, 4) is 11.4 Å². The first-order valence-electron chi connectivity index (χ1n) is 9.80. The van der Waals surface area contributed by atoms with Crippen molar-refractivity contribution in [2.45, 2.75) is 25.3 Å². The monoisotopic (exact) mass is 431 g/mol. The number of nitrogens with zero attached hydrogens (tertiary/aromatic N) is 5. The average molecular weight is 432 g/mol. The standard InChI is InChI=1S/C20H23ClFN7O/c1-28(2)20(30)29-6-3-4-13(5-7-29)26-19-16(22)11-25-18(27-19)15-10-24-17-14(15)8-12(21)9-23-17/h8-11,13H,3-7H2,1-2H3,(H,23,24)(H,25,26,27). The molecule has 1 saturated heterocycles. The van der Waals surface area contributed by atoms with E-state index in [9.17, 15) is 9.18 Å². The zero-order valence-corrected chi connectivity index (χ0v) is 17.6. The molecule has 1 aliphatic rings. The van der Waals surface area contributed by atoms with E-state index in [-0.39, 0.29) is 17.9 Å². The number of likely N-dealkylation sites (tertiary alicyclic amines) is 1. The van der Waals surface area contributed by atoms with Gasteiger partial charge in [0.05, 0.1) is 11.2 Å². The van der Waals surface area contributed by atoms with Crippen molar-refractivity contribution in [2.75, 3.05) is 32.5 Å². The van der Waals surface area contributed by atoms with Crippen molar-refractivity contribution in [3.63, 3.8) is 0 Å². The molecule has 0 bridgehead atoms. The van der Waals surface area contributed by atoms with E-state index in [1.165, 1.54) is 6.20 Å². The molecule has 158 valence electrons. The van der Waals surface area contributed by atoms with E-state index in [0.717, 1.165) is 18.2 Å². The summed E-state index contributed by atoms with van der Waals surface area (Å²) in [6, 6.07) is 1.79. The van der Waals surface area contributed by atoms with E-state index >= 15 is 0 Å². The van der Waals surface area contributed by atoms with E-state index in [1.54, 1.807) is 37.5 Å². The number of hydrogen-bond acceptors (Lipinski definition) is 5. The van der Waals surface area contributed by atoms with Crippen LogP contribution in [0.3, 0.4) is 0 Å². The summed E-state index contributed by atoms with van der Waals surface area (Å²) in [6.07, 6.45) is 6.83. The average Bonchev–Trinajstić information content (AvgIpc) is 2.99. The Balaban J connectivity index is 1.54. The summed E-state index contributed by atoms with van der Waals surface area (Å²) in [4.78, 5) is 31.5. The van der Waals surface area contributed by atoms with Crippen LogP contribution < -0.4 is 5.32 Å². The van der Waals surface area contributed by atoms with Crippen molar-refractivity contribution in [3.05, 3.63) is 35.5 Å². The number of amides is 2. The Morgan fingerprint density at radius 1 is 1.30 bits per heavy atom. The molecule has 10 heteroatoms. The highest BCUT2D eigenvalue weighted by Gasteiger charge is 2.23. The lowest BCUT2D eigenvalue weighted by Crippen LogP contribution is -2.40. The molecule has 0 spiro atoms. The maximum Gasteiger partial charge on any atom is 0.319 e. The maximum absolute atomic E-state index is 14.5. The van der Waals surface area contributed by atoms with Gasteiger partial charge in [0.15, 0.2) is 17.5 Å². The van der Waals surface area contributed by atoms with E-state index in [0.29, 0.717) is 41.6 Å². The summed E-state index contributed by atoms with van der Waals surface area (Å²) < 4.78 is 14.5. The van der Waals surface area contributed by atoms with Gasteiger partial charge in [-0.15, -0.1) is 0 Å². The normalized spacial score (nSPS) is 17.1. The largest absolute Gasteiger partial charge is 0.365 e.